The number of nitrogens with zero attached hydrogens (tertiary/aromatic N) is 1. The van der Waals surface area contributed by atoms with E-state index in [9.17, 15) is 4.79 Å². The molecule has 1 atom stereocenters. The summed E-state index contributed by atoms with van der Waals surface area (Å²) in [6.07, 6.45) is 1.80. The number of carbonyl (C=O) groups excluding carboxylic acids is 1. The lowest BCUT2D eigenvalue weighted by molar-refractivity contribution is 0.0936. The van der Waals surface area contributed by atoms with Gasteiger partial charge in [0.15, 0.2) is 0 Å². The fourth-order valence-corrected chi connectivity index (χ4v) is 2.76. The number of nitriles is 1. The van der Waals surface area contributed by atoms with Gasteiger partial charge in [0.05, 0.1) is 17.7 Å². The summed E-state index contributed by atoms with van der Waals surface area (Å²) in [5, 5.41) is 11.9. The third-order valence-corrected chi connectivity index (χ3v) is 3.80. The number of carbonyl (C=O) groups is 1. The summed E-state index contributed by atoms with van der Waals surface area (Å²) in [6, 6.07) is 14.6. The van der Waals surface area contributed by atoms with Gasteiger partial charge >= 0.3 is 0 Å². The molecule has 21 heavy (non-hydrogen) atoms. The lowest BCUT2D eigenvalue weighted by Crippen LogP contribution is -2.27. The summed E-state index contributed by atoms with van der Waals surface area (Å²) in [4.78, 5) is 12.3. The Morgan fingerprint density at radius 3 is 2.95 bits per heavy atom. The predicted octanol–water partition coefficient (Wildman–Crippen LogP) is 2.56. The van der Waals surface area contributed by atoms with E-state index in [-0.39, 0.29) is 11.9 Å². The first kappa shape index (κ1) is 13.2. The molecule has 1 aliphatic rings. The SMILES string of the molecule is N#Cc1cccc(C(=O)NC2CCc3cc(N)ccc32)c1. The molecule has 0 saturated heterocycles. The van der Waals surface area contributed by atoms with Crippen molar-refractivity contribution >= 4 is 11.6 Å². The Morgan fingerprint density at radius 2 is 2.14 bits per heavy atom. The first-order valence-corrected chi connectivity index (χ1v) is 6.86. The molecule has 1 amide bonds. The molecule has 2 aromatic carbocycles. The van der Waals surface area contributed by atoms with Crippen molar-refractivity contribution in [2.75, 3.05) is 5.73 Å². The third-order valence-electron chi connectivity index (χ3n) is 3.80. The molecule has 2 aromatic rings. The summed E-state index contributed by atoms with van der Waals surface area (Å²) in [7, 11) is 0. The second-order valence-corrected chi connectivity index (χ2v) is 5.22. The Morgan fingerprint density at radius 1 is 1.29 bits per heavy atom. The maximum atomic E-state index is 12.3. The predicted molar refractivity (Wildman–Crippen MR) is 80.5 cm³/mol. The second kappa shape index (κ2) is 5.29. The maximum absolute atomic E-state index is 12.3. The number of anilines is 1. The second-order valence-electron chi connectivity index (χ2n) is 5.22. The van der Waals surface area contributed by atoms with Crippen LogP contribution in [0.15, 0.2) is 42.5 Å². The first-order valence-electron chi connectivity index (χ1n) is 6.86. The van der Waals surface area contributed by atoms with Crippen molar-refractivity contribution in [3.8, 4) is 6.07 Å². The number of aryl methyl sites for hydroxylation is 1. The molecule has 1 unspecified atom stereocenters. The van der Waals surface area contributed by atoms with Crippen LogP contribution in [0.1, 0.15) is 39.5 Å². The summed E-state index contributed by atoms with van der Waals surface area (Å²) >= 11 is 0. The standard InChI is InChI=1S/C17H15N3O/c18-10-11-2-1-3-13(8-11)17(21)20-16-7-4-12-9-14(19)5-6-15(12)16/h1-3,5-6,8-9,16H,4,7,19H2,(H,20,21). The van der Waals surface area contributed by atoms with Gasteiger partial charge in [-0.25, -0.2) is 0 Å². The minimum atomic E-state index is -0.151. The van der Waals surface area contributed by atoms with Crippen LogP contribution in [0.2, 0.25) is 0 Å². The molecule has 0 fully saturated rings. The van der Waals surface area contributed by atoms with Crippen molar-refractivity contribution in [2.45, 2.75) is 18.9 Å². The smallest absolute Gasteiger partial charge is 0.251 e. The van der Waals surface area contributed by atoms with Crippen LogP contribution in [0.4, 0.5) is 5.69 Å². The number of nitrogen functional groups attached to an aromatic ring is 1. The van der Waals surface area contributed by atoms with Crippen LogP contribution >= 0.6 is 0 Å². The van der Waals surface area contributed by atoms with E-state index in [1.165, 1.54) is 5.56 Å². The quantitative estimate of drug-likeness (QED) is 0.828. The van der Waals surface area contributed by atoms with Gasteiger partial charge < -0.3 is 11.1 Å². The number of nitrogens with one attached hydrogen (secondary N) is 1. The van der Waals surface area contributed by atoms with Gasteiger partial charge in [0, 0.05) is 11.3 Å². The highest BCUT2D eigenvalue weighted by Crippen LogP contribution is 2.32. The molecule has 0 bridgehead atoms. The zero-order chi connectivity index (χ0) is 14.8. The van der Waals surface area contributed by atoms with Gasteiger partial charge in [-0.2, -0.15) is 5.26 Å². The summed E-state index contributed by atoms with van der Waals surface area (Å²) in [6.45, 7) is 0. The van der Waals surface area contributed by atoms with Crippen LogP contribution in [-0.4, -0.2) is 5.91 Å². The zero-order valence-corrected chi connectivity index (χ0v) is 11.5. The normalized spacial score (nSPS) is 16.0. The van der Waals surface area contributed by atoms with Crippen molar-refractivity contribution in [1.29, 1.82) is 5.26 Å². The molecular weight excluding hydrogens is 262 g/mol. The molecule has 1 aliphatic carbocycles. The first-order chi connectivity index (χ1) is 10.2. The molecule has 0 heterocycles. The molecule has 0 spiro atoms. The van der Waals surface area contributed by atoms with Crippen LogP contribution in [0.25, 0.3) is 0 Å². The Hall–Kier alpha value is -2.80. The average Bonchev–Trinajstić information content (AvgIpc) is 2.89. The fourth-order valence-electron chi connectivity index (χ4n) is 2.76. The van der Waals surface area contributed by atoms with E-state index in [4.69, 9.17) is 11.0 Å². The minimum Gasteiger partial charge on any atom is -0.399 e. The number of rotatable bonds is 2. The van der Waals surface area contributed by atoms with Crippen LogP contribution in [-0.2, 0) is 6.42 Å². The van der Waals surface area contributed by atoms with Gasteiger partial charge in [0.25, 0.3) is 5.91 Å². The van der Waals surface area contributed by atoms with E-state index in [0.29, 0.717) is 11.1 Å². The maximum Gasteiger partial charge on any atom is 0.251 e. The molecule has 4 nitrogen and oxygen atoms in total. The number of hydrogen-bond acceptors (Lipinski definition) is 3. The highest BCUT2D eigenvalue weighted by molar-refractivity contribution is 5.94. The van der Waals surface area contributed by atoms with E-state index in [1.807, 2.05) is 24.3 Å². The highest BCUT2D eigenvalue weighted by atomic mass is 16.1. The van der Waals surface area contributed by atoms with Crippen molar-refractivity contribution < 1.29 is 4.79 Å². The van der Waals surface area contributed by atoms with Crippen LogP contribution in [0.5, 0.6) is 0 Å². The molecule has 0 radical (unpaired) electrons. The zero-order valence-electron chi connectivity index (χ0n) is 11.5. The highest BCUT2D eigenvalue weighted by Gasteiger charge is 2.24. The number of hydrogen-bond donors (Lipinski definition) is 2. The summed E-state index contributed by atoms with van der Waals surface area (Å²) in [5.74, 6) is -0.151. The van der Waals surface area contributed by atoms with Gasteiger partial charge in [-0.1, -0.05) is 12.1 Å². The van der Waals surface area contributed by atoms with E-state index in [1.54, 1.807) is 24.3 Å². The number of benzene rings is 2. The van der Waals surface area contributed by atoms with Crippen LogP contribution in [0.3, 0.4) is 0 Å². The van der Waals surface area contributed by atoms with Crippen molar-refractivity contribution in [2.24, 2.45) is 0 Å². The van der Waals surface area contributed by atoms with Crippen molar-refractivity contribution in [3.05, 3.63) is 64.7 Å². The average molecular weight is 277 g/mol. The van der Waals surface area contributed by atoms with E-state index in [2.05, 4.69) is 5.32 Å². The van der Waals surface area contributed by atoms with Crippen LogP contribution in [0, 0.1) is 11.3 Å². The lowest BCUT2D eigenvalue weighted by Gasteiger charge is -2.14. The largest absolute Gasteiger partial charge is 0.399 e. The molecule has 3 rings (SSSR count). The van der Waals surface area contributed by atoms with E-state index in [0.717, 1.165) is 24.1 Å². The van der Waals surface area contributed by atoms with Gasteiger partial charge in [-0.05, 0) is 54.3 Å². The van der Waals surface area contributed by atoms with Gasteiger partial charge in [-0.3, -0.25) is 4.79 Å². The molecule has 0 saturated carbocycles. The minimum absolute atomic E-state index is 0.0128. The van der Waals surface area contributed by atoms with Crippen molar-refractivity contribution in [1.82, 2.24) is 5.32 Å². The Bertz CT molecular complexity index is 746. The molecule has 0 aliphatic heterocycles. The van der Waals surface area contributed by atoms with Crippen molar-refractivity contribution in [3.63, 3.8) is 0 Å². The topological polar surface area (TPSA) is 78.9 Å². The number of fused-ring (bicyclic) bond motifs is 1. The fraction of sp³-hybridized carbons (Fsp3) is 0.176. The molecule has 0 aromatic heterocycles. The third kappa shape index (κ3) is 2.59. The van der Waals surface area contributed by atoms with E-state index >= 15 is 0 Å². The Kier molecular flexibility index (Phi) is 3.33. The lowest BCUT2D eigenvalue weighted by atomic mass is 10.1. The van der Waals surface area contributed by atoms with Gasteiger partial charge in [0.2, 0.25) is 0 Å². The Balaban J connectivity index is 1.79. The summed E-state index contributed by atoms with van der Waals surface area (Å²) in [5.41, 5.74) is 9.87. The molecule has 104 valence electrons. The van der Waals surface area contributed by atoms with Gasteiger partial charge in [-0.15, -0.1) is 0 Å². The van der Waals surface area contributed by atoms with E-state index < -0.39 is 0 Å². The summed E-state index contributed by atoms with van der Waals surface area (Å²) < 4.78 is 0. The van der Waals surface area contributed by atoms with Gasteiger partial charge in [0.1, 0.15) is 0 Å². The molecule has 4 heteroatoms. The molecule has 3 N–H and O–H groups in total. The van der Waals surface area contributed by atoms with Crippen LogP contribution < -0.4 is 11.1 Å². The monoisotopic (exact) mass is 277 g/mol. The number of nitrogens with two attached hydrogens (primary N) is 1. The molecular formula is C17H15N3O. The number of amides is 1. The Labute approximate surface area is 123 Å².